The molecule has 1 fully saturated rings. The molecule has 1 aliphatic rings. The Morgan fingerprint density at radius 2 is 2.00 bits per heavy atom. The van der Waals surface area contributed by atoms with Gasteiger partial charge in [-0.25, -0.2) is 9.59 Å². The molecule has 8 nitrogen and oxygen atoms in total. The minimum Gasteiger partial charge on any atom is -0.434 e. The van der Waals surface area contributed by atoms with Gasteiger partial charge >= 0.3 is 11.8 Å². The van der Waals surface area contributed by atoms with E-state index in [1.165, 1.54) is 4.90 Å². The molecule has 1 saturated heterocycles. The molecule has 0 saturated carbocycles. The first-order valence-electron chi connectivity index (χ1n) is 7.12. The number of hydrogen-bond donors (Lipinski definition) is 1. The number of fused-ring (bicyclic) bond motifs is 1. The number of anilines is 1. The Labute approximate surface area is 131 Å². The molecule has 0 radical (unpaired) electrons. The molecular formula is C15H17N3O5. The van der Waals surface area contributed by atoms with E-state index < -0.39 is 29.4 Å². The van der Waals surface area contributed by atoms with Crippen molar-refractivity contribution in [1.29, 1.82) is 0 Å². The van der Waals surface area contributed by atoms with Crippen LogP contribution in [0.15, 0.2) is 27.4 Å². The number of primary amides is 1. The molecule has 1 aromatic heterocycles. The van der Waals surface area contributed by atoms with Crippen molar-refractivity contribution in [3.63, 3.8) is 0 Å². The maximum Gasteiger partial charge on any atom is 0.420 e. The average molecular weight is 319 g/mol. The quantitative estimate of drug-likeness (QED) is 0.893. The third kappa shape index (κ3) is 2.45. The van der Waals surface area contributed by atoms with E-state index in [1.807, 2.05) is 20.8 Å². The maximum atomic E-state index is 12.1. The zero-order chi connectivity index (χ0) is 16.9. The third-order valence-corrected chi connectivity index (χ3v) is 3.68. The molecule has 0 bridgehead atoms. The molecule has 1 aliphatic heterocycles. The van der Waals surface area contributed by atoms with Gasteiger partial charge in [0.1, 0.15) is 0 Å². The van der Waals surface area contributed by atoms with E-state index >= 15 is 0 Å². The number of oxazole rings is 1. The zero-order valence-corrected chi connectivity index (χ0v) is 13.0. The summed E-state index contributed by atoms with van der Waals surface area (Å²) in [6.07, 6.45) is -1.64. The number of ether oxygens (including phenoxy) is 1. The zero-order valence-electron chi connectivity index (χ0n) is 13.0. The van der Waals surface area contributed by atoms with Gasteiger partial charge in [0.15, 0.2) is 11.7 Å². The molecule has 0 unspecified atom stereocenters. The Hall–Kier alpha value is -2.77. The largest absolute Gasteiger partial charge is 0.434 e. The minimum absolute atomic E-state index is 0.0316. The predicted molar refractivity (Wildman–Crippen MR) is 82.3 cm³/mol. The van der Waals surface area contributed by atoms with Crippen molar-refractivity contribution >= 4 is 28.8 Å². The summed E-state index contributed by atoms with van der Waals surface area (Å²) in [6.45, 7) is 5.72. The number of carbonyl (C=O) groups is 2. The van der Waals surface area contributed by atoms with Gasteiger partial charge in [0.05, 0.1) is 17.7 Å². The van der Waals surface area contributed by atoms with Crippen molar-refractivity contribution < 1.29 is 18.7 Å². The smallest absolute Gasteiger partial charge is 0.420 e. The standard InChI is InChI=1S/C15H17N3O5/c1-15(2,3)18-9-5-4-8(6-10(9)22-14(18)21)17-7-11(12(16)19)23-13(17)20/h4-6,11H,7H2,1-3H3,(H2,16,19)/t11-/m1/s1. The van der Waals surface area contributed by atoms with Crippen LogP contribution >= 0.6 is 0 Å². The van der Waals surface area contributed by atoms with Gasteiger partial charge in [-0.05, 0) is 32.9 Å². The second-order valence-corrected chi connectivity index (χ2v) is 6.41. The Bertz CT molecular complexity index is 858. The van der Waals surface area contributed by atoms with Gasteiger partial charge in [-0.2, -0.15) is 0 Å². The SMILES string of the molecule is CC(C)(C)n1c(=O)oc2cc(N3C[C@H](C(N)=O)OC3=O)ccc21. The fourth-order valence-corrected chi connectivity index (χ4v) is 2.63. The molecule has 23 heavy (non-hydrogen) atoms. The Balaban J connectivity index is 2.04. The molecule has 2 aromatic rings. The molecule has 122 valence electrons. The maximum absolute atomic E-state index is 12.1. The van der Waals surface area contributed by atoms with Gasteiger partial charge in [0.2, 0.25) is 0 Å². The van der Waals surface area contributed by atoms with Crippen LogP contribution in [0.2, 0.25) is 0 Å². The summed E-state index contributed by atoms with van der Waals surface area (Å²) in [5, 5.41) is 0. The Kier molecular flexibility index (Phi) is 3.20. The number of amides is 2. The summed E-state index contributed by atoms with van der Waals surface area (Å²) < 4.78 is 11.7. The molecule has 0 spiro atoms. The third-order valence-electron chi connectivity index (χ3n) is 3.68. The lowest BCUT2D eigenvalue weighted by atomic mass is 10.1. The monoisotopic (exact) mass is 319 g/mol. The van der Waals surface area contributed by atoms with Crippen molar-refractivity contribution in [2.24, 2.45) is 5.73 Å². The molecule has 2 N–H and O–H groups in total. The Morgan fingerprint density at radius 1 is 1.30 bits per heavy atom. The van der Waals surface area contributed by atoms with E-state index in [9.17, 15) is 14.4 Å². The second-order valence-electron chi connectivity index (χ2n) is 6.41. The molecule has 1 atom stereocenters. The van der Waals surface area contributed by atoms with Crippen LogP contribution in [0.4, 0.5) is 10.5 Å². The molecule has 0 aliphatic carbocycles. The molecule has 2 amide bonds. The number of benzene rings is 1. The van der Waals surface area contributed by atoms with E-state index in [0.717, 1.165) is 0 Å². The topological polar surface area (TPSA) is 108 Å². The molecular weight excluding hydrogens is 302 g/mol. The summed E-state index contributed by atoms with van der Waals surface area (Å²) in [6, 6.07) is 4.94. The first-order valence-corrected chi connectivity index (χ1v) is 7.12. The first-order chi connectivity index (χ1) is 10.7. The predicted octanol–water partition coefficient (Wildman–Crippen LogP) is 1.16. The van der Waals surface area contributed by atoms with Crippen LogP contribution in [0.25, 0.3) is 11.1 Å². The lowest BCUT2D eigenvalue weighted by molar-refractivity contribution is -0.124. The van der Waals surface area contributed by atoms with Gasteiger partial charge in [-0.3, -0.25) is 14.3 Å². The molecule has 3 rings (SSSR count). The van der Waals surface area contributed by atoms with Crippen molar-refractivity contribution in [3.05, 3.63) is 28.7 Å². The molecule has 8 heteroatoms. The van der Waals surface area contributed by atoms with E-state index in [1.54, 1.807) is 22.8 Å². The number of carbonyl (C=O) groups excluding carboxylic acids is 2. The van der Waals surface area contributed by atoms with Crippen LogP contribution in [-0.4, -0.2) is 29.2 Å². The van der Waals surface area contributed by atoms with Crippen LogP contribution < -0.4 is 16.4 Å². The highest BCUT2D eigenvalue weighted by Crippen LogP contribution is 2.27. The van der Waals surface area contributed by atoms with Gasteiger partial charge in [-0.15, -0.1) is 0 Å². The van der Waals surface area contributed by atoms with Gasteiger partial charge in [0.25, 0.3) is 5.91 Å². The molecule has 1 aromatic carbocycles. The van der Waals surface area contributed by atoms with E-state index in [-0.39, 0.29) is 6.54 Å². The number of rotatable bonds is 2. The van der Waals surface area contributed by atoms with Crippen LogP contribution in [0.3, 0.4) is 0 Å². The Morgan fingerprint density at radius 3 is 2.57 bits per heavy atom. The average Bonchev–Trinajstić information content (AvgIpc) is 2.96. The normalized spacial score (nSPS) is 18.5. The lowest BCUT2D eigenvalue weighted by Gasteiger charge is -2.19. The summed E-state index contributed by atoms with van der Waals surface area (Å²) >= 11 is 0. The highest BCUT2D eigenvalue weighted by atomic mass is 16.6. The highest BCUT2D eigenvalue weighted by molar-refractivity contribution is 5.96. The number of nitrogens with two attached hydrogens (primary N) is 1. The van der Waals surface area contributed by atoms with Crippen LogP contribution in [-0.2, 0) is 15.1 Å². The number of hydrogen-bond acceptors (Lipinski definition) is 5. The van der Waals surface area contributed by atoms with E-state index in [0.29, 0.717) is 16.8 Å². The van der Waals surface area contributed by atoms with Crippen LogP contribution in [0, 0.1) is 0 Å². The van der Waals surface area contributed by atoms with Crippen LogP contribution in [0.5, 0.6) is 0 Å². The summed E-state index contributed by atoms with van der Waals surface area (Å²) in [5.74, 6) is -1.17. The summed E-state index contributed by atoms with van der Waals surface area (Å²) in [4.78, 5) is 36.3. The van der Waals surface area contributed by atoms with Gasteiger partial charge in [0, 0.05) is 11.6 Å². The van der Waals surface area contributed by atoms with E-state index in [2.05, 4.69) is 0 Å². The van der Waals surface area contributed by atoms with Crippen molar-refractivity contribution in [3.8, 4) is 0 Å². The second kappa shape index (κ2) is 4.87. The number of nitrogens with zero attached hydrogens (tertiary/aromatic N) is 2. The van der Waals surface area contributed by atoms with Crippen molar-refractivity contribution in [2.75, 3.05) is 11.4 Å². The lowest BCUT2D eigenvalue weighted by Crippen LogP contribution is -2.32. The summed E-state index contributed by atoms with van der Waals surface area (Å²) in [5.41, 5.74) is 6.18. The van der Waals surface area contributed by atoms with Crippen molar-refractivity contribution in [1.82, 2.24) is 4.57 Å². The minimum atomic E-state index is -0.982. The fraction of sp³-hybridized carbons (Fsp3) is 0.400. The summed E-state index contributed by atoms with van der Waals surface area (Å²) in [7, 11) is 0. The number of cyclic esters (lactones) is 1. The van der Waals surface area contributed by atoms with Crippen molar-refractivity contribution in [2.45, 2.75) is 32.4 Å². The van der Waals surface area contributed by atoms with E-state index in [4.69, 9.17) is 14.9 Å². The fourth-order valence-electron chi connectivity index (χ4n) is 2.63. The van der Waals surface area contributed by atoms with Crippen LogP contribution in [0.1, 0.15) is 20.8 Å². The number of aromatic nitrogens is 1. The molecule has 2 heterocycles. The first kappa shape index (κ1) is 15.1. The highest BCUT2D eigenvalue weighted by Gasteiger charge is 2.36. The van der Waals surface area contributed by atoms with Gasteiger partial charge < -0.3 is 14.9 Å². The van der Waals surface area contributed by atoms with Gasteiger partial charge in [-0.1, -0.05) is 0 Å².